The molecule has 0 aliphatic heterocycles. The van der Waals surface area contributed by atoms with E-state index >= 15 is 0 Å². The van der Waals surface area contributed by atoms with Crippen LogP contribution in [0.4, 0.5) is 0 Å². The Labute approximate surface area is 89.4 Å². The summed E-state index contributed by atoms with van der Waals surface area (Å²) in [6.07, 6.45) is 4.35. The quantitative estimate of drug-likeness (QED) is 0.696. The van der Waals surface area contributed by atoms with E-state index in [9.17, 15) is 0 Å². The number of allylic oxidation sites excluding steroid dienone is 1. The lowest BCUT2D eigenvalue weighted by Gasteiger charge is -1.99. The lowest BCUT2D eigenvalue weighted by Crippen LogP contribution is -1.75. The zero-order valence-electron chi connectivity index (χ0n) is 8.23. The first-order chi connectivity index (χ1) is 6.86. The van der Waals surface area contributed by atoms with Crippen LogP contribution in [-0.4, -0.2) is 5.75 Å². The summed E-state index contributed by atoms with van der Waals surface area (Å²) < 4.78 is 0. The molecule has 72 valence electrons. The number of nitrogens with zero attached hydrogens (tertiary/aromatic N) is 1. The minimum absolute atomic E-state index is 0.477. The van der Waals surface area contributed by atoms with Crippen LogP contribution in [0.15, 0.2) is 35.2 Å². The molecule has 0 saturated heterocycles. The minimum Gasteiger partial charge on any atom is -0.198 e. The molecule has 0 spiro atoms. The highest BCUT2D eigenvalue weighted by molar-refractivity contribution is 7.99. The standard InChI is InChI=1S/C12H13NS/c1-2-14-12-8-5-7-11(10-12)6-3-4-9-13/h3,5-8,10H,2,4H2,1H3. The normalized spacial score (nSPS) is 10.3. The van der Waals surface area contributed by atoms with Crippen molar-refractivity contribution in [3.8, 4) is 6.07 Å². The van der Waals surface area contributed by atoms with Crippen molar-refractivity contribution in [1.29, 1.82) is 5.26 Å². The molecule has 0 radical (unpaired) electrons. The maximum atomic E-state index is 8.38. The van der Waals surface area contributed by atoms with Crippen LogP contribution in [0.3, 0.4) is 0 Å². The van der Waals surface area contributed by atoms with Crippen LogP contribution in [0.25, 0.3) is 6.08 Å². The second-order valence-corrected chi connectivity index (χ2v) is 4.11. The third kappa shape index (κ3) is 3.68. The molecule has 1 aromatic carbocycles. The fourth-order valence-corrected chi connectivity index (χ4v) is 1.85. The monoisotopic (exact) mass is 203 g/mol. The van der Waals surface area contributed by atoms with Gasteiger partial charge in [0.2, 0.25) is 0 Å². The van der Waals surface area contributed by atoms with Gasteiger partial charge in [-0.15, -0.1) is 11.8 Å². The first-order valence-corrected chi connectivity index (χ1v) is 5.61. The fraction of sp³-hybridized carbons (Fsp3) is 0.250. The number of rotatable bonds is 4. The average Bonchev–Trinajstić information content (AvgIpc) is 2.19. The average molecular weight is 203 g/mol. The van der Waals surface area contributed by atoms with Gasteiger partial charge in [-0.25, -0.2) is 0 Å². The lowest BCUT2D eigenvalue weighted by molar-refractivity contribution is 1.36. The van der Waals surface area contributed by atoms with E-state index in [0.29, 0.717) is 6.42 Å². The second-order valence-electron chi connectivity index (χ2n) is 2.77. The topological polar surface area (TPSA) is 23.8 Å². The van der Waals surface area contributed by atoms with E-state index in [1.54, 1.807) is 0 Å². The van der Waals surface area contributed by atoms with E-state index in [0.717, 1.165) is 5.75 Å². The Morgan fingerprint density at radius 1 is 1.50 bits per heavy atom. The number of hydrogen-bond acceptors (Lipinski definition) is 2. The Hall–Kier alpha value is -1.20. The summed E-state index contributed by atoms with van der Waals surface area (Å²) >= 11 is 1.83. The molecular weight excluding hydrogens is 190 g/mol. The molecule has 14 heavy (non-hydrogen) atoms. The van der Waals surface area contributed by atoms with E-state index in [2.05, 4.69) is 25.1 Å². The predicted octanol–water partition coefficient (Wildman–Crippen LogP) is 3.73. The van der Waals surface area contributed by atoms with E-state index in [1.165, 1.54) is 10.5 Å². The van der Waals surface area contributed by atoms with Crippen LogP contribution in [-0.2, 0) is 0 Å². The first-order valence-electron chi connectivity index (χ1n) is 4.63. The van der Waals surface area contributed by atoms with Crippen LogP contribution in [0.5, 0.6) is 0 Å². The van der Waals surface area contributed by atoms with Gasteiger partial charge in [0.15, 0.2) is 0 Å². The van der Waals surface area contributed by atoms with Gasteiger partial charge in [-0.1, -0.05) is 31.2 Å². The van der Waals surface area contributed by atoms with Crippen molar-refractivity contribution in [1.82, 2.24) is 0 Å². The van der Waals surface area contributed by atoms with Gasteiger partial charge in [-0.3, -0.25) is 0 Å². The molecule has 0 aliphatic rings. The minimum atomic E-state index is 0.477. The molecule has 2 heteroatoms. The van der Waals surface area contributed by atoms with Crippen molar-refractivity contribution >= 4 is 17.8 Å². The Balaban J connectivity index is 2.69. The molecule has 1 aromatic rings. The Morgan fingerprint density at radius 3 is 3.07 bits per heavy atom. The summed E-state index contributed by atoms with van der Waals surface area (Å²) in [6.45, 7) is 2.14. The molecule has 0 bridgehead atoms. The van der Waals surface area contributed by atoms with Crippen LogP contribution in [0.2, 0.25) is 0 Å². The third-order valence-electron chi connectivity index (χ3n) is 1.69. The number of benzene rings is 1. The summed E-state index contributed by atoms with van der Waals surface area (Å²) in [7, 11) is 0. The molecule has 1 nitrogen and oxygen atoms in total. The Kier molecular flexibility index (Phi) is 4.88. The zero-order chi connectivity index (χ0) is 10.2. The molecule has 1 rings (SSSR count). The van der Waals surface area contributed by atoms with Crippen molar-refractivity contribution < 1.29 is 0 Å². The highest BCUT2D eigenvalue weighted by Gasteiger charge is 1.91. The molecule has 0 amide bonds. The van der Waals surface area contributed by atoms with Gasteiger partial charge >= 0.3 is 0 Å². The van der Waals surface area contributed by atoms with E-state index < -0.39 is 0 Å². The van der Waals surface area contributed by atoms with Crippen LogP contribution < -0.4 is 0 Å². The van der Waals surface area contributed by atoms with Crippen molar-refractivity contribution in [3.63, 3.8) is 0 Å². The molecule has 0 fully saturated rings. The molecule has 0 atom stereocenters. The highest BCUT2D eigenvalue weighted by atomic mass is 32.2. The zero-order valence-corrected chi connectivity index (χ0v) is 9.05. The fourth-order valence-electron chi connectivity index (χ4n) is 1.12. The van der Waals surface area contributed by atoms with Gasteiger partial charge in [-0.05, 0) is 23.4 Å². The van der Waals surface area contributed by atoms with Crippen LogP contribution in [0, 0.1) is 11.3 Å². The van der Waals surface area contributed by atoms with Gasteiger partial charge in [0.25, 0.3) is 0 Å². The number of hydrogen-bond donors (Lipinski definition) is 0. The smallest absolute Gasteiger partial charge is 0.0663 e. The Morgan fingerprint density at radius 2 is 2.36 bits per heavy atom. The van der Waals surface area contributed by atoms with Crippen molar-refractivity contribution in [2.45, 2.75) is 18.2 Å². The molecule has 0 unspecified atom stereocenters. The third-order valence-corrected chi connectivity index (χ3v) is 2.56. The van der Waals surface area contributed by atoms with Crippen LogP contribution in [0.1, 0.15) is 18.9 Å². The molecule has 0 aliphatic carbocycles. The maximum absolute atomic E-state index is 8.38. The van der Waals surface area contributed by atoms with Gasteiger partial charge < -0.3 is 0 Å². The summed E-state index contributed by atoms with van der Waals surface area (Å²) in [4.78, 5) is 1.28. The largest absolute Gasteiger partial charge is 0.198 e. The van der Waals surface area contributed by atoms with Gasteiger partial charge in [0, 0.05) is 4.90 Å². The summed E-state index contributed by atoms with van der Waals surface area (Å²) in [6, 6.07) is 10.4. The maximum Gasteiger partial charge on any atom is 0.0663 e. The number of thioether (sulfide) groups is 1. The number of nitriles is 1. The van der Waals surface area contributed by atoms with Gasteiger partial charge in [-0.2, -0.15) is 5.26 Å². The van der Waals surface area contributed by atoms with Gasteiger partial charge in [0.05, 0.1) is 12.5 Å². The van der Waals surface area contributed by atoms with Crippen molar-refractivity contribution in [2.75, 3.05) is 5.75 Å². The summed E-state index contributed by atoms with van der Waals surface area (Å²) in [5, 5.41) is 8.38. The molecular formula is C12H13NS. The predicted molar refractivity (Wildman–Crippen MR) is 62.1 cm³/mol. The van der Waals surface area contributed by atoms with Gasteiger partial charge in [0.1, 0.15) is 0 Å². The second kappa shape index (κ2) is 6.28. The molecule has 0 saturated carbocycles. The first kappa shape index (κ1) is 10.9. The van der Waals surface area contributed by atoms with E-state index in [-0.39, 0.29) is 0 Å². The molecule has 0 heterocycles. The highest BCUT2D eigenvalue weighted by Crippen LogP contribution is 2.19. The Bertz CT molecular complexity index is 350. The molecule has 0 N–H and O–H groups in total. The van der Waals surface area contributed by atoms with Crippen molar-refractivity contribution in [2.24, 2.45) is 0 Å². The summed E-state index contributed by atoms with van der Waals surface area (Å²) in [5.41, 5.74) is 1.17. The van der Waals surface area contributed by atoms with Crippen molar-refractivity contribution in [3.05, 3.63) is 35.9 Å². The van der Waals surface area contributed by atoms with E-state index in [1.807, 2.05) is 36.0 Å². The SMILES string of the molecule is CCSc1cccc(C=CCC#N)c1. The summed E-state index contributed by atoms with van der Waals surface area (Å²) in [5.74, 6) is 1.09. The lowest BCUT2D eigenvalue weighted by atomic mass is 10.2. The van der Waals surface area contributed by atoms with E-state index in [4.69, 9.17) is 5.26 Å². The van der Waals surface area contributed by atoms with Crippen LogP contribution >= 0.6 is 11.8 Å². The molecule has 0 aromatic heterocycles.